The van der Waals surface area contributed by atoms with Crippen LogP contribution in [0.25, 0.3) is 0 Å². The molecule has 0 radical (unpaired) electrons. The summed E-state index contributed by atoms with van der Waals surface area (Å²) in [6.45, 7) is 3.02. The molecule has 0 aromatic heterocycles. The van der Waals surface area contributed by atoms with Crippen molar-refractivity contribution in [3.63, 3.8) is 0 Å². The van der Waals surface area contributed by atoms with Gasteiger partial charge in [0.05, 0.1) is 5.60 Å². The van der Waals surface area contributed by atoms with Gasteiger partial charge in [-0.1, -0.05) is 29.3 Å². The second kappa shape index (κ2) is 5.79. The third-order valence-corrected chi connectivity index (χ3v) is 4.36. The maximum atomic E-state index is 6.23. The van der Waals surface area contributed by atoms with E-state index in [0.29, 0.717) is 5.02 Å². The molecule has 1 fully saturated rings. The van der Waals surface area contributed by atoms with E-state index >= 15 is 0 Å². The molecule has 0 amide bonds. The maximum Gasteiger partial charge on any atom is 0.0810 e. The van der Waals surface area contributed by atoms with Crippen LogP contribution in [0.2, 0.25) is 10.0 Å². The van der Waals surface area contributed by atoms with Crippen molar-refractivity contribution in [1.29, 1.82) is 0 Å². The summed E-state index contributed by atoms with van der Waals surface area (Å²) in [5.41, 5.74) is 1.01. The van der Waals surface area contributed by atoms with Gasteiger partial charge in [0.15, 0.2) is 0 Å². The highest BCUT2D eigenvalue weighted by Gasteiger charge is 2.37. The first kappa shape index (κ1) is 14.1. The molecule has 0 spiro atoms. The molecule has 1 aromatic rings. The van der Waals surface area contributed by atoms with Crippen molar-refractivity contribution in [3.05, 3.63) is 33.8 Å². The minimum atomic E-state index is -0.0995. The van der Waals surface area contributed by atoms with Crippen molar-refractivity contribution >= 4 is 23.2 Å². The first-order valence-corrected chi connectivity index (χ1v) is 7.06. The Morgan fingerprint density at radius 2 is 2.22 bits per heavy atom. The summed E-state index contributed by atoms with van der Waals surface area (Å²) in [6, 6.07) is 5.93. The summed E-state index contributed by atoms with van der Waals surface area (Å²) >= 11 is 12.1. The van der Waals surface area contributed by atoms with Crippen molar-refractivity contribution < 1.29 is 4.74 Å². The second-order valence-electron chi connectivity index (χ2n) is 5.05. The van der Waals surface area contributed by atoms with E-state index < -0.39 is 0 Å². The summed E-state index contributed by atoms with van der Waals surface area (Å²) in [5.74, 6) is 0. The van der Waals surface area contributed by atoms with Crippen LogP contribution in [0.4, 0.5) is 0 Å². The molecule has 1 aliphatic rings. The lowest BCUT2D eigenvalue weighted by atomic mass is 9.88. The van der Waals surface area contributed by atoms with E-state index in [2.05, 4.69) is 12.2 Å². The van der Waals surface area contributed by atoms with Gasteiger partial charge in [-0.3, -0.25) is 0 Å². The number of hydrogen-bond donors (Lipinski definition) is 1. The van der Waals surface area contributed by atoms with Gasteiger partial charge in [-0.05, 0) is 50.9 Å². The third kappa shape index (κ3) is 3.00. The van der Waals surface area contributed by atoms with Gasteiger partial charge >= 0.3 is 0 Å². The number of hydrogen-bond acceptors (Lipinski definition) is 2. The summed E-state index contributed by atoms with van der Waals surface area (Å²) in [5, 5.41) is 4.76. The Labute approximate surface area is 119 Å². The smallest absolute Gasteiger partial charge is 0.0810 e. The predicted octanol–water partition coefficient (Wildman–Crippen LogP) is 3.69. The molecule has 4 heteroatoms. The van der Waals surface area contributed by atoms with Crippen LogP contribution in [-0.4, -0.2) is 25.3 Å². The molecule has 0 saturated carbocycles. The first-order chi connectivity index (χ1) is 8.55. The van der Waals surface area contributed by atoms with E-state index in [9.17, 15) is 0 Å². The lowest BCUT2D eigenvalue weighted by molar-refractivity contribution is -0.00942. The minimum Gasteiger partial charge on any atom is -0.374 e. The van der Waals surface area contributed by atoms with Gasteiger partial charge in [0.1, 0.15) is 0 Å². The van der Waals surface area contributed by atoms with Crippen LogP contribution in [0, 0.1) is 0 Å². The normalized spacial score (nSPS) is 25.3. The zero-order chi connectivity index (χ0) is 13.2. The van der Waals surface area contributed by atoms with Crippen LogP contribution in [-0.2, 0) is 11.2 Å². The molecule has 18 heavy (non-hydrogen) atoms. The molecule has 0 bridgehead atoms. The summed E-state index contributed by atoms with van der Waals surface area (Å²) in [7, 11) is 1.97. The zero-order valence-electron chi connectivity index (χ0n) is 10.8. The molecule has 2 rings (SSSR count). The zero-order valence-corrected chi connectivity index (χ0v) is 12.3. The molecule has 1 N–H and O–H groups in total. The van der Waals surface area contributed by atoms with Crippen LogP contribution >= 0.6 is 23.2 Å². The fraction of sp³-hybridized carbons (Fsp3) is 0.571. The third-order valence-electron chi connectivity index (χ3n) is 3.77. The minimum absolute atomic E-state index is 0.0995. The standard InChI is InChI=1S/C14H19Cl2NO/c1-14(6-3-7-18-14)13(17-2)8-10-4-5-11(15)9-12(10)16/h4-5,9,13,17H,3,6-8H2,1-2H3. The second-order valence-corrected chi connectivity index (χ2v) is 5.89. The largest absolute Gasteiger partial charge is 0.374 e. The van der Waals surface area contributed by atoms with Gasteiger partial charge in [-0.25, -0.2) is 0 Å². The average molecular weight is 288 g/mol. The maximum absolute atomic E-state index is 6.23. The van der Waals surface area contributed by atoms with E-state index in [-0.39, 0.29) is 11.6 Å². The van der Waals surface area contributed by atoms with Gasteiger partial charge in [-0.2, -0.15) is 0 Å². The first-order valence-electron chi connectivity index (χ1n) is 6.30. The van der Waals surface area contributed by atoms with Gasteiger partial charge in [0.2, 0.25) is 0 Å². The summed E-state index contributed by atoms with van der Waals surface area (Å²) < 4.78 is 5.90. The Morgan fingerprint density at radius 3 is 2.78 bits per heavy atom. The van der Waals surface area contributed by atoms with Crippen molar-refractivity contribution in [1.82, 2.24) is 5.32 Å². The van der Waals surface area contributed by atoms with Crippen LogP contribution in [0.5, 0.6) is 0 Å². The van der Waals surface area contributed by atoms with Crippen LogP contribution < -0.4 is 5.32 Å². The highest BCUT2D eigenvalue weighted by atomic mass is 35.5. The van der Waals surface area contributed by atoms with Crippen molar-refractivity contribution in [2.75, 3.05) is 13.7 Å². The highest BCUT2D eigenvalue weighted by molar-refractivity contribution is 6.35. The number of rotatable bonds is 4. The number of likely N-dealkylation sites (N-methyl/N-ethyl adjacent to an activating group) is 1. The predicted molar refractivity (Wildman–Crippen MR) is 76.6 cm³/mol. The quantitative estimate of drug-likeness (QED) is 0.912. The lowest BCUT2D eigenvalue weighted by Crippen LogP contribution is -2.48. The van der Waals surface area contributed by atoms with E-state index in [1.54, 1.807) is 6.07 Å². The number of benzene rings is 1. The van der Waals surface area contributed by atoms with Crippen LogP contribution in [0.1, 0.15) is 25.3 Å². The Bertz CT molecular complexity index is 416. The van der Waals surface area contributed by atoms with Crippen molar-refractivity contribution in [2.24, 2.45) is 0 Å². The molecule has 100 valence electrons. The molecule has 2 unspecified atom stereocenters. The van der Waals surface area contributed by atoms with Crippen molar-refractivity contribution in [3.8, 4) is 0 Å². The van der Waals surface area contributed by atoms with Gasteiger partial charge in [0, 0.05) is 22.7 Å². The monoisotopic (exact) mass is 287 g/mol. The van der Waals surface area contributed by atoms with Gasteiger partial charge in [-0.15, -0.1) is 0 Å². The van der Waals surface area contributed by atoms with Gasteiger partial charge < -0.3 is 10.1 Å². The fourth-order valence-electron chi connectivity index (χ4n) is 2.61. The number of ether oxygens (including phenoxy) is 1. The van der Waals surface area contributed by atoms with E-state index in [1.807, 2.05) is 19.2 Å². The summed E-state index contributed by atoms with van der Waals surface area (Å²) in [4.78, 5) is 0. The van der Waals surface area contributed by atoms with Crippen LogP contribution in [0.3, 0.4) is 0 Å². The fourth-order valence-corrected chi connectivity index (χ4v) is 3.09. The van der Waals surface area contributed by atoms with Crippen molar-refractivity contribution in [2.45, 2.75) is 37.8 Å². The molecule has 0 aliphatic carbocycles. The Kier molecular flexibility index (Phi) is 4.54. The number of halogens is 2. The molecule has 2 nitrogen and oxygen atoms in total. The summed E-state index contributed by atoms with van der Waals surface area (Å²) in [6.07, 6.45) is 3.07. The number of nitrogens with one attached hydrogen (secondary N) is 1. The Balaban J connectivity index is 2.15. The van der Waals surface area contributed by atoms with E-state index in [4.69, 9.17) is 27.9 Å². The lowest BCUT2D eigenvalue weighted by Gasteiger charge is -2.33. The molecular weight excluding hydrogens is 269 g/mol. The molecule has 1 heterocycles. The molecule has 2 atom stereocenters. The molecular formula is C14H19Cl2NO. The highest BCUT2D eigenvalue weighted by Crippen LogP contribution is 2.32. The van der Waals surface area contributed by atoms with E-state index in [1.165, 1.54) is 0 Å². The average Bonchev–Trinajstić information content (AvgIpc) is 2.76. The molecule has 1 saturated heterocycles. The Hall–Kier alpha value is -0.280. The topological polar surface area (TPSA) is 21.3 Å². The molecule has 1 aromatic carbocycles. The molecule has 1 aliphatic heterocycles. The van der Waals surface area contributed by atoms with E-state index in [0.717, 1.165) is 36.5 Å². The Morgan fingerprint density at radius 1 is 1.44 bits per heavy atom. The SMILES string of the molecule is CNC(Cc1ccc(Cl)cc1Cl)C1(C)CCCO1. The van der Waals surface area contributed by atoms with Crippen LogP contribution in [0.15, 0.2) is 18.2 Å². The van der Waals surface area contributed by atoms with Gasteiger partial charge in [0.25, 0.3) is 0 Å².